The van der Waals surface area contributed by atoms with Crippen molar-refractivity contribution in [1.82, 2.24) is 19.5 Å². The first-order valence-electron chi connectivity index (χ1n) is 12.0. The van der Waals surface area contributed by atoms with Crippen molar-refractivity contribution < 1.29 is 29.5 Å². The molecule has 5 rings (SSSR count). The Labute approximate surface area is 218 Å². The van der Waals surface area contributed by atoms with Gasteiger partial charge in [-0.05, 0) is 35.7 Å². The van der Waals surface area contributed by atoms with Crippen molar-refractivity contribution in [2.45, 2.75) is 31.1 Å². The number of rotatable bonds is 8. The zero-order valence-electron chi connectivity index (χ0n) is 20.6. The predicted molar refractivity (Wildman–Crippen MR) is 137 cm³/mol. The molecule has 11 nitrogen and oxygen atoms in total. The molecule has 4 aromatic rings. The molecule has 11 heteroatoms. The number of nitrogens with one attached hydrogen (secondary N) is 1. The second-order valence-electron chi connectivity index (χ2n) is 8.55. The third kappa shape index (κ3) is 5.39. The number of anilines is 1. The summed E-state index contributed by atoms with van der Waals surface area (Å²) in [6, 6.07) is 16.9. The van der Waals surface area contributed by atoms with Crippen LogP contribution in [-0.4, -0.2) is 73.5 Å². The number of aliphatic hydroxyl groups excluding tert-OH is 3. The largest absolute Gasteiger partial charge is 0.497 e. The molecule has 1 fully saturated rings. The van der Waals surface area contributed by atoms with E-state index >= 15 is 0 Å². The molecule has 1 saturated heterocycles. The van der Waals surface area contributed by atoms with Crippen LogP contribution in [0.1, 0.15) is 17.6 Å². The summed E-state index contributed by atoms with van der Waals surface area (Å²) >= 11 is 0. The lowest BCUT2D eigenvalue weighted by atomic mass is 10.1. The molecule has 3 heterocycles. The van der Waals surface area contributed by atoms with Gasteiger partial charge in [0.2, 0.25) is 5.82 Å². The van der Waals surface area contributed by atoms with E-state index in [-0.39, 0.29) is 12.4 Å². The Balaban J connectivity index is 1.44. The Hall–Kier alpha value is -4.21. The van der Waals surface area contributed by atoms with Crippen LogP contribution in [0.2, 0.25) is 0 Å². The molecular weight excluding hydrogens is 490 g/mol. The highest BCUT2D eigenvalue weighted by Crippen LogP contribution is 2.32. The van der Waals surface area contributed by atoms with Gasteiger partial charge < -0.3 is 34.8 Å². The number of aromatic nitrogens is 4. The van der Waals surface area contributed by atoms with Crippen LogP contribution in [0.15, 0.2) is 60.9 Å². The van der Waals surface area contributed by atoms with Crippen LogP contribution in [0.25, 0.3) is 11.2 Å². The smallest absolute Gasteiger partial charge is 0.209 e. The fourth-order valence-electron chi connectivity index (χ4n) is 4.07. The van der Waals surface area contributed by atoms with Gasteiger partial charge in [0, 0.05) is 6.54 Å². The van der Waals surface area contributed by atoms with Crippen molar-refractivity contribution in [2.24, 2.45) is 0 Å². The Kier molecular flexibility index (Phi) is 7.67. The second-order valence-corrected chi connectivity index (χ2v) is 8.55. The third-order valence-electron chi connectivity index (χ3n) is 6.09. The normalized spacial score (nSPS) is 20.6. The molecule has 1 aliphatic rings. The number of imidazole rings is 1. The molecule has 38 heavy (non-hydrogen) atoms. The van der Waals surface area contributed by atoms with E-state index < -0.39 is 31.1 Å². The van der Waals surface area contributed by atoms with E-state index in [1.165, 1.54) is 10.9 Å². The highest BCUT2D eigenvalue weighted by atomic mass is 16.6. The lowest BCUT2D eigenvalue weighted by Gasteiger charge is -2.16. The van der Waals surface area contributed by atoms with Crippen LogP contribution in [0, 0.1) is 11.8 Å². The highest BCUT2D eigenvalue weighted by Gasteiger charge is 2.44. The van der Waals surface area contributed by atoms with Crippen molar-refractivity contribution in [3.8, 4) is 23.3 Å². The van der Waals surface area contributed by atoms with Crippen LogP contribution in [0.5, 0.6) is 11.5 Å². The maximum atomic E-state index is 10.6. The van der Waals surface area contributed by atoms with Crippen molar-refractivity contribution in [2.75, 3.05) is 25.6 Å². The summed E-state index contributed by atoms with van der Waals surface area (Å²) in [7, 11) is 1.61. The number of ether oxygens (including phenoxy) is 3. The molecule has 0 aliphatic carbocycles. The zero-order valence-corrected chi connectivity index (χ0v) is 20.6. The van der Waals surface area contributed by atoms with E-state index in [1.807, 2.05) is 54.6 Å². The van der Waals surface area contributed by atoms with Gasteiger partial charge in [0.1, 0.15) is 36.4 Å². The second kappa shape index (κ2) is 11.5. The Morgan fingerprint density at radius 3 is 2.53 bits per heavy atom. The first kappa shape index (κ1) is 25.4. The summed E-state index contributed by atoms with van der Waals surface area (Å²) in [6.07, 6.45) is -3.03. The molecule has 0 spiro atoms. The quantitative estimate of drug-likeness (QED) is 0.254. The van der Waals surface area contributed by atoms with E-state index in [2.05, 4.69) is 32.1 Å². The summed E-state index contributed by atoms with van der Waals surface area (Å²) < 4.78 is 18.0. The Bertz CT molecular complexity index is 1430. The van der Waals surface area contributed by atoms with Crippen molar-refractivity contribution in [1.29, 1.82) is 0 Å². The fraction of sp³-hybridized carbons (Fsp3) is 0.296. The number of fused-ring (bicyclic) bond motifs is 1. The summed E-state index contributed by atoms with van der Waals surface area (Å²) in [4.78, 5) is 13.5. The van der Waals surface area contributed by atoms with E-state index in [0.29, 0.717) is 29.3 Å². The van der Waals surface area contributed by atoms with E-state index in [0.717, 1.165) is 11.3 Å². The van der Waals surface area contributed by atoms with Crippen LogP contribution in [0.4, 0.5) is 5.82 Å². The van der Waals surface area contributed by atoms with Gasteiger partial charge >= 0.3 is 0 Å². The first-order chi connectivity index (χ1) is 18.6. The number of nitrogens with zero attached hydrogens (tertiary/aromatic N) is 4. The number of hydrogen-bond acceptors (Lipinski definition) is 10. The minimum absolute atomic E-state index is 0.133. The minimum atomic E-state index is -1.29. The van der Waals surface area contributed by atoms with E-state index in [9.17, 15) is 15.3 Å². The van der Waals surface area contributed by atoms with Crippen molar-refractivity contribution in [3.63, 3.8) is 0 Å². The molecule has 0 amide bonds. The molecule has 4 atom stereocenters. The SMILES string of the molecule is COc1ccc(CNc2nc(C#CCOc3ccccc3)nc3c2ncn3[C@@H]2O[C@H](CO)[C@@H](O)[C@H]2O)cc1. The van der Waals surface area contributed by atoms with Crippen LogP contribution in [0.3, 0.4) is 0 Å². The Morgan fingerprint density at radius 1 is 1.03 bits per heavy atom. The van der Waals surface area contributed by atoms with Gasteiger partial charge in [0.15, 0.2) is 23.2 Å². The topological polar surface area (TPSA) is 144 Å². The summed E-state index contributed by atoms with van der Waals surface area (Å²) in [6.45, 7) is 0.137. The number of para-hydroxylation sites is 1. The van der Waals surface area contributed by atoms with E-state index in [4.69, 9.17) is 14.2 Å². The average Bonchev–Trinajstić information content (AvgIpc) is 3.50. The average molecular weight is 518 g/mol. The van der Waals surface area contributed by atoms with Gasteiger partial charge in [-0.25, -0.2) is 15.0 Å². The lowest BCUT2D eigenvalue weighted by molar-refractivity contribution is -0.0511. The van der Waals surface area contributed by atoms with Crippen molar-refractivity contribution >= 4 is 17.0 Å². The summed E-state index contributed by atoms with van der Waals surface area (Å²) in [5, 5.41) is 33.6. The van der Waals surface area contributed by atoms with Gasteiger partial charge in [-0.3, -0.25) is 4.57 Å². The monoisotopic (exact) mass is 517 g/mol. The standard InChI is InChI=1S/C27H27N5O6/c1-36-18-11-9-17(10-12-18)14-28-25-22-26(32(16-29-22)27-24(35)23(34)20(15-33)38-27)31-21(30-25)8-5-13-37-19-6-3-2-4-7-19/h2-4,6-7,9-12,16,20,23-24,27,33-35H,13-15H2,1H3,(H,28,30,31)/t20-,23-,24-,27-/m1/s1. The number of benzene rings is 2. The molecule has 1 aliphatic heterocycles. The number of aliphatic hydroxyl groups is 3. The molecule has 2 aromatic heterocycles. The van der Waals surface area contributed by atoms with Gasteiger partial charge in [-0.15, -0.1) is 0 Å². The van der Waals surface area contributed by atoms with Crippen LogP contribution < -0.4 is 14.8 Å². The van der Waals surface area contributed by atoms with Crippen molar-refractivity contribution in [3.05, 3.63) is 72.3 Å². The highest BCUT2D eigenvalue weighted by molar-refractivity contribution is 5.83. The molecule has 2 aromatic carbocycles. The zero-order chi connectivity index (χ0) is 26.5. The number of methoxy groups -OCH3 is 1. The van der Waals surface area contributed by atoms with Gasteiger partial charge in [-0.2, -0.15) is 0 Å². The molecule has 0 bridgehead atoms. The molecule has 4 N–H and O–H groups in total. The fourth-order valence-corrected chi connectivity index (χ4v) is 4.07. The van der Waals surface area contributed by atoms with Gasteiger partial charge in [0.25, 0.3) is 0 Å². The third-order valence-corrected chi connectivity index (χ3v) is 6.09. The van der Waals surface area contributed by atoms with Crippen LogP contribution in [-0.2, 0) is 11.3 Å². The summed E-state index contributed by atoms with van der Waals surface area (Å²) in [5.74, 6) is 7.94. The summed E-state index contributed by atoms with van der Waals surface area (Å²) in [5.41, 5.74) is 1.77. The minimum Gasteiger partial charge on any atom is -0.497 e. The van der Waals surface area contributed by atoms with Crippen LogP contribution >= 0.6 is 0 Å². The predicted octanol–water partition coefficient (Wildman–Crippen LogP) is 1.49. The molecular formula is C27H27N5O6. The maximum absolute atomic E-state index is 10.6. The Morgan fingerprint density at radius 2 is 1.82 bits per heavy atom. The lowest BCUT2D eigenvalue weighted by Crippen LogP contribution is -2.33. The first-order valence-corrected chi connectivity index (χ1v) is 12.0. The molecule has 0 radical (unpaired) electrons. The van der Waals surface area contributed by atoms with E-state index in [1.54, 1.807) is 7.11 Å². The number of hydrogen-bond donors (Lipinski definition) is 4. The molecule has 0 unspecified atom stereocenters. The maximum Gasteiger partial charge on any atom is 0.209 e. The van der Waals surface area contributed by atoms with Gasteiger partial charge in [-0.1, -0.05) is 36.3 Å². The molecule has 0 saturated carbocycles. The molecule has 196 valence electrons. The van der Waals surface area contributed by atoms with Gasteiger partial charge in [0.05, 0.1) is 20.0 Å².